The third-order valence-electron chi connectivity index (χ3n) is 5.08. The van der Waals surface area contributed by atoms with Crippen molar-refractivity contribution in [2.24, 2.45) is 5.92 Å². The van der Waals surface area contributed by atoms with Gasteiger partial charge in [-0.15, -0.1) is 24.8 Å². The Morgan fingerprint density at radius 3 is 2.45 bits per heavy atom. The Morgan fingerprint density at radius 1 is 1.05 bits per heavy atom. The van der Waals surface area contributed by atoms with Gasteiger partial charge in [0, 0.05) is 49.3 Å². The molecule has 2 fully saturated rings. The quantitative estimate of drug-likeness (QED) is 0.890. The van der Waals surface area contributed by atoms with Crippen LogP contribution in [0, 0.1) is 5.92 Å². The Morgan fingerprint density at radius 2 is 1.77 bits per heavy atom. The smallest absolute Gasteiger partial charge is 0.0457 e. The summed E-state index contributed by atoms with van der Waals surface area (Å²) < 4.78 is 0. The third-order valence-corrected chi connectivity index (χ3v) is 5.08. The minimum atomic E-state index is 0. The Labute approximate surface area is 144 Å². The molecule has 3 nitrogen and oxygen atoms in total. The molecule has 1 saturated heterocycles. The lowest BCUT2D eigenvalue weighted by Gasteiger charge is -2.43. The lowest BCUT2D eigenvalue weighted by atomic mass is 9.76. The molecule has 0 bridgehead atoms. The van der Waals surface area contributed by atoms with Crippen LogP contribution < -0.4 is 5.32 Å². The number of para-hydroxylation sites is 1. The normalized spacial score (nSPS) is 20.7. The first-order chi connectivity index (χ1) is 9.93. The number of aromatic amines is 1. The van der Waals surface area contributed by atoms with E-state index in [0.717, 1.165) is 19.0 Å². The average Bonchev–Trinajstić information content (AvgIpc) is 2.87. The fourth-order valence-electron chi connectivity index (χ4n) is 3.80. The van der Waals surface area contributed by atoms with Crippen molar-refractivity contribution in [3.8, 4) is 0 Å². The predicted octanol–water partition coefficient (Wildman–Crippen LogP) is 3.76. The molecular weight excluding hydrogens is 317 g/mol. The second kappa shape index (κ2) is 7.69. The van der Waals surface area contributed by atoms with Crippen molar-refractivity contribution in [3.63, 3.8) is 0 Å². The number of nitrogens with zero attached hydrogens (tertiary/aromatic N) is 1. The lowest BCUT2D eigenvalue weighted by molar-refractivity contribution is 0.0846. The van der Waals surface area contributed by atoms with E-state index in [4.69, 9.17) is 0 Å². The number of piperazine rings is 1. The van der Waals surface area contributed by atoms with Crippen LogP contribution in [0.15, 0.2) is 30.5 Å². The maximum atomic E-state index is 3.48. The second-order valence-electron chi connectivity index (χ2n) is 6.21. The molecule has 2 aromatic rings. The summed E-state index contributed by atoms with van der Waals surface area (Å²) in [4.78, 5) is 6.17. The van der Waals surface area contributed by atoms with E-state index < -0.39 is 0 Å². The number of hydrogen-bond donors (Lipinski definition) is 2. The number of fused-ring (bicyclic) bond motifs is 1. The Balaban J connectivity index is 0.000000882. The Hall–Kier alpha value is -0.740. The van der Waals surface area contributed by atoms with Crippen LogP contribution in [0.1, 0.15) is 30.9 Å². The van der Waals surface area contributed by atoms with Crippen molar-refractivity contribution < 1.29 is 0 Å². The molecule has 2 aliphatic rings. The monoisotopic (exact) mass is 341 g/mol. The fourth-order valence-corrected chi connectivity index (χ4v) is 3.80. The van der Waals surface area contributed by atoms with Gasteiger partial charge in [0.2, 0.25) is 0 Å². The SMILES string of the molecule is Cl.Cl.c1ccc2c([C@H](C3CCC3)N3CCNCC3)c[nH]c2c1. The van der Waals surface area contributed by atoms with Crippen molar-refractivity contribution >= 4 is 35.7 Å². The van der Waals surface area contributed by atoms with E-state index in [9.17, 15) is 0 Å². The van der Waals surface area contributed by atoms with Crippen LogP contribution in [0.4, 0.5) is 0 Å². The summed E-state index contributed by atoms with van der Waals surface area (Å²) in [5.74, 6) is 0.854. The van der Waals surface area contributed by atoms with Gasteiger partial charge in [0.1, 0.15) is 0 Å². The van der Waals surface area contributed by atoms with Crippen LogP contribution in [0.3, 0.4) is 0 Å². The molecule has 4 rings (SSSR count). The van der Waals surface area contributed by atoms with Crippen LogP contribution in [0.5, 0.6) is 0 Å². The molecule has 1 saturated carbocycles. The summed E-state index contributed by atoms with van der Waals surface area (Å²) in [6, 6.07) is 9.35. The van der Waals surface area contributed by atoms with Crippen LogP contribution in [-0.2, 0) is 0 Å². The van der Waals surface area contributed by atoms with Gasteiger partial charge < -0.3 is 10.3 Å². The first-order valence-electron chi connectivity index (χ1n) is 7.94. The van der Waals surface area contributed by atoms with Crippen molar-refractivity contribution in [2.75, 3.05) is 26.2 Å². The first kappa shape index (κ1) is 17.6. The number of H-pyrrole nitrogens is 1. The Kier molecular flexibility index (Phi) is 6.16. The number of halogens is 2. The van der Waals surface area contributed by atoms with Gasteiger partial charge in [0.15, 0.2) is 0 Å². The highest BCUT2D eigenvalue weighted by molar-refractivity contribution is 5.85. The van der Waals surface area contributed by atoms with Crippen molar-refractivity contribution in [3.05, 3.63) is 36.0 Å². The molecule has 22 heavy (non-hydrogen) atoms. The Bertz CT molecular complexity index is 588. The molecule has 0 unspecified atom stereocenters. The van der Waals surface area contributed by atoms with Gasteiger partial charge >= 0.3 is 0 Å². The minimum Gasteiger partial charge on any atom is -0.361 e. The molecule has 1 aromatic carbocycles. The number of rotatable bonds is 3. The van der Waals surface area contributed by atoms with Gasteiger partial charge in [-0.1, -0.05) is 24.6 Å². The van der Waals surface area contributed by atoms with E-state index in [1.165, 1.54) is 48.8 Å². The summed E-state index contributed by atoms with van der Waals surface area (Å²) >= 11 is 0. The zero-order chi connectivity index (χ0) is 13.4. The fraction of sp³-hybridized carbons (Fsp3) is 0.529. The van der Waals surface area contributed by atoms with Gasteiger partial charge in [0.05, 0.1) is 0 Å². The molecule has 1 atom stereocenters. The van der Waals surface area contributed by atoms with E-state index in [1.54, 1.807) is 0 Å². The molecule has 5 heteroatoms. The highest BCUT2D eigenvalue weighted by Crippen LogP contribution is 2.43. The average molecular weight is 342 g/mol. The number of benzene rings is 1. The molecule has 1 aliphatic heterocycles. The van der Waals surface area contributed by atoms with E-state index in [2.05, 4.69) is 45.7 Å². The number of aromatic nitrogens is 1. The summed E-state index contributed by atoms with van der Waals surface area (Å²) in [5.41, 5.74) is 2.80. The summed E-state index contributed by atoms with van der Waals surface area (Å²) in [6.45, 7) is 4.62. The molecule has 2 heterocycles. The van der Waals surface area contributed by atoms with E-state index >= 15 is 0 Å². The van der Waals surface area contributed by atoms with Gasteiger partial charge in [-0.05, 0) is 30.4 Å². The van der Waals surface area contributed by atoms with Gasteiger partial charge in [-0.25, -0.2) is 0 Å². The van der Waals surface area contributed by atoms with Crippen LogP contribution >= 0.6 is 24.8 Å². The lowest BCUT2D eigenvalue weighted by Crippen LogP contribution is -2.47. The third kappa shape index (κ3) is 3.13. The molecule has 1 aromatic heterocycles. The zero-order valence-corrected chi connectivity index (χ0v) is 14.4. The summed E-state index contributed by atoms with van der Waals surface area (Å²) in [7, 11) is 0. The van der Waals surface area contributed by atoms with Crippen molar-refractivity contribution in [2.45, 2.75) is 25.3 Å². The van der Waals surface area contributed by atoms with E-state index in [0.29, 0.717) is 6.04 Å². The molecule has 0 amide bonds. The summed E-state index contributed by atoms with van der Waals surface area (Å²) in [5, 5.41) is 4.90. The van der Waals surface area contributed by atoms with Gasteiger partial charge in [0.25, 0.3) is 0 Å². The molecule has 2 N–H and O–H groups in total. The second-order valence-corrected chi connectivity index (χ2v) is 6.21. The largest absolute Gasteiger partial charge is 0.361 e. The molecule has 0 radical (unpaired) electrons. The topological polar surface area (TPSA) is 31.1 Å². The first-order valence-corrected chi connectivity index (χ1v) is 7.94. The maximum Gasteiger partial charge on any atom is 0.0457 e. The van der Waals surface area contributed by atoms with Crippen LogP contribution in [0.2, 0.25) is 0 Å². The molecule has 0 spiro atoms. The minimum absolute atomic E-state index is 0. The van der Waals surface area contributed by atoms with Crippen LogP contribution in [0.25, 0.3) is 10.9 Å². The molecular formula is C17H25Cl2N3. The van der Waals surface area contributed by atoms with Crippen molar-refractivity contribution in [1.29, 1.82) is 0 Å². The number of nitrogens with one attached hydrogen (secondary N) is 2. The van der Waals surface area contributed by atoms with Crippen molar-refractivity contribution in [1.82, 2.24) is 15.2 Å². The summed E-state index contributed by atoms with van der Waals surface area (Å²) in [6.07, 6.45) is 6.47. The molecule has 122 valence electrons. The zero-order valence-electron chi connectivity index (χ0n) is 12.8. The maximum absolute atomic E-state index is 3.48. The van der Waals surface area contributed by atoms with E-state index in [1.807, 2.05) is 0 Å². The molecule has 1 aliphatic carbocycles. The predicted molar refractivity (Wildman–Crippen MR) is 97.3 cm³/mol. The van der Waals surface area contributed by atoms with E-state index in [-0.39, 0.29) is 24.8 Å². The van der Waals surface area contributed by atoms with Gasteiger partial charge in [-0.3, -0.25) is 4.90 Å². The van der Waals surface area contributed by atoms with Crippen LogP contribution in [-0.4, -0.2) is 36.1 Å². The highest BCUT2D eigenvalue weighted by Gasteiger charge is 2.34. The standard InChI is InChI=1S/C17H23N3.2ClH/c1-2-7-16-14(6-1)15(12-19-16)17(13-4-3-5-13)20-10-8-18-9-11-20;;/h1-2,6-7,12-13,17-19H,3-5,8-11H2;2*1H/t17-;;/m0../s1. The number of hydrogen-bond acceptors (Lipinski definition) is 2. The highest BCUT2D eigenvalue weighted by atomic mass is 35.5. The van der Waals surface area contributed by atoms with Gasteiger partial charge in [-0.2, -0.15) is 0 Å².